The van der Waals surface area contributed by atoms with Crippen LogP contribution in [0.15, 0.2) is 12.4 Å². The Labute approximate surface area is 93.4 Å². The molecular weight excluding hydrogens is 210 g/mol. The average Bonchev–Trinajstić information content (AvgIpc) is 2.27. The fourth-order valence-electron chi connectivity index (χ4n) is 0.960. The number of aromatic carboxylic acids is 1. The van der Waals surface area contributed by atoms with E-state index >= 15 is 0 Å². The number of rotatable bonds is 5. The van der Waals surface area contributed by atoms with Gasteiger partial charge in [-0.2, -0.15) is 0 Å². The van der Waals surface area contributed by atoms with Gasteiger partial charge in [0.05, 0.1) is 18.0 Å². The summed E-state index contributed by atoms with van der Waals surface area (Å²) in [6, 6.07) is 0. The normalized spacial score (nSPS) is 14.2. The van der Waals surface area contributed by atoms with Gasteiger partial charge in [-0.3, -0.25) is 4.98 Å². The summed E-state index contributed by atoms with van der Waals surface area (Å²) in [6.07, 6.45) is 3.18. The predicted molar refractivity (Wildman–Crippen MR) is 58.4 cm³/mol. The van der Waals surface area contributed by atoms with Crippen molar-refractivity contribution in [1.29, 1.82) is 0 Å². The predicted octanol–water partition coefficient (Wildman–Crippen LogP) is 0.748. The number of hydrogen-bond acceptors (Lipinski definition) is 5. The Morgan fingerprint density at radius 1 is 1.56 bits per heavy atom. The molecule has 0 aliphatic carbocycles. The number of aromatic nitrogens is 2. The van der Waals surface area contributed by atoms with E-state index in [0.29, 0.717) is 18.8 Å². The summed E-state index contributed by atoms with van der Waals surface area (Å²) >= 11 is 0. The van der Waals surface area contributed by atoms with Gasteiger partial charge in [-0.05, 0) is 13.3 Å². The number of nitrogens with zero attached hydrogens (tertiary/aromatic N) is 2. The number of hydrogen-bond donors (Lipinski definition) is 3. The molecule has 1 atom stereocenters. The molecule has 0 saturated heterocycles. The maximum Gasteiger partial charge on any atom is 0.356 e. The molecule has 1 rings (SSSR count). The number of nitrogens with one attached hydrogen (secondary N) is 1. The van der Waals surface area contributed by atoms with E-state index in [-0.39, 0.29) is 5.69 Å². The van der Waals surface area contributed by atoms with Crippen LogP contribution in [0.2, 0.25) is 0 Å². The molecule has 0 spiro atoms. The lowest BCUT2D eigenvalue weighted by molar-refractivity contribution is 0.0690. The molecule has 0 aliphatic rings. The van der Waals surface area contributed by atoms with Crippen LogP contribution in [-0.2, 0) is 0 Å². The maximum absolute atomic E-state index is 10.6. The van der Waals surface area contributed by atoms with Gasteiger partial charge in [0.15, 0.2) is 5.69 Å². The first-order valence-corrected chi connectivity index (χ1v) is 4.96. The molecule has 0 bridgehead atoms. The second-order valence-electron chi connectivity index (χ2n) is 3.80. The summed E-state index contributed by atoms with van der Waals surface area (Å²) in [7, 11) is 0. The number of aliphatic hydroxyl groups is 1. The zero-order valence-corrected chi connectivity index (χ0v) is 9.27. The van der Waals surface area contributed by atoms with Crippen LogP contribution < -0.4 is 5.32 Å². The molecule has 1 heterocycles. The van der Waals surface area contributed by atoms with Crippen LogP contribution in [0.25, 0.3) is 0 Å². The van der Waals surface area contributed by atoms with E-state index in [2.05, 4.69) is 15.3 Å². The Morgan fingerprint density at radius 3 is 2.81 bits per heavy atom. The van der Waals surface area contributed by atoms with E-state index < -0.39 is 11.6 Å². The highest BCUT2D eigenvalue weighted by molar-refractivity contribution is 5.85. The lowest BCUT2D eigenvalue weighted by atomic mass is 10.0. The monoisotopic (exact) mass is 225 g/mol. The minimum absolute atomic E-state index is 0.124. The lowest BCUT2D eigenvalue weighted by Crippen LogP contribution is -2.32. The Kier molecular flexibility index (Phi) is 3.78. The molecule has 16 heavy (non-hydrogen) atoms. The Morgan fingerprint density at radius 2 is 2.25 bits per heavy atom. The lowest BCUT2D eigenvalue weighted by Gasteiger charge is -2.21. The zero-order valence-electron chi connectivity index (χ0n) is 9.27. The second-order valence-corrected chi connectivity index (χ2v) is 3.80. The summed E-state index contributed by atoms with van der Waals surface area (Å²) in [4.78, 5) is 18.2. The fourth-order valence-corrected chi connectivity index (χ4v) is 0.960. The summed E-state index contributed by atoms with van der Waals surface area (Å²) < 4.78 is 0. The molecule has 1 aromatic heterocycles. The van der Waals surface area contributed by atoms with Crippen LogP contribution in [-0.4, -0.2) is 38.3 Å². The molecule has 88 valence electrons. The van der Waals surface area contributed by atoms with Gasteiger partial charge < -0.3 is 15.5 Å². The minimum Gasteiger partial charge on any atom is -0.476 e. The molecule has 1 unspecified atom stereocenters. The van der Waals surface area contributed by atoms with Crippen LogP contribution in [0.3, 0.4) is 0 Å². The Bertz CT molecular complexity index is 379. The van der Waals surface area contributed by atoms with Crippen molar-refractivity contribution in [2.45, 2.75) is 25.9 Å². The van der Waals surface area contributed by atoms with E-state index in [1.807, 2.05) is 6.92 Å². The maximum atomic E-state index is 10.6. The highest BCUT2D eigenvalue weighted by Gasteiger charge is 2.17. The van der Waals surface area contributed by atoms with Gasteiger partial charge in [0.1, 0.15) is 5.82 Å². The standard InChI is InChI=1S/C10H15N3O3/c1-3-10(2,16)6-12-8-5-11-4-7(13-8)9(14)15/h4-5,16H,3,6H2,1-2H3,(H,12,13)(H,14,15). The first-order chi connectivity index (χ1) is 7.44. The van der Waals surface area contributed by atoms with Gasteiger partial charge in [0.25, 0.3) is 0 Å². The highest BCUT2D eigenvalue weighted by Crippen LogP contribution is 2.10. The molecule has 0 aliphatic heterocycles. The van der Waals surface area contributed by atoms with Crippen molar-refractivity contribution in [3.8, 4) is 0 Å². The number of anilines is 1. The Balaban J connectivity index is 2.68. The third-order valence-corrected chi connectivity index (χ3v) is 2.27. The largest absolute Gasteiger partial charge is 0.476 e. The molecule has 1 aromatic rings. The van der Waals surface area contributed by atoms with Crippen molar-refractivity contribution in [3.63, 3.8) is 0 Å². The van der Waals surface area contributed by atoms with Crippen molar-refractivity contribution in [2.75, 3.05) is 11.9 Å². The second kappa shape index (κ2) is 4.89. The number of carbonyl (C=O) groups is 1. The summed E-state index contributed by atoms with van der Waals surface area (Å²) in [5.41, 5.74) is -0.970. The third kappa shape index (κ3) is 3.47. The van der Waals surface area contributed by atoms with Crippen molar-refractivity contribution >= 4 is 11.8 Å². The minimum atomic E-state index is -1.13. The summed E-state index contributed by atoms with van der Waals surface area (Å²) in [5.74, 6) is -0.785. The summed E-state index contributed by atoms with van der Waals surface area (Å²) in [5, 5.41) is 21.3. The first-order valence-electron chi connectivity index (χ1n) is 4.96. The van der Waals surface area contributed by atoms with Crippen molar-refractivity contribution < 1.29 is 15.0 Å². The number of carboxylic acids is 1. The molecule has 6 heteroatoms. The quantitative estimate of drug-likeness (QED) is 0.684. The summed E-state index contributed by atoms with van der Waals surface area (Å²) in [6.45, 7) is 3.84. The molecule has 3 N–H and O–H groups in total. The molecule has 0 fully saturated rings. The van der Waals surface area contributed by atoms with E-state index in [4.69, 9.17) is 5.11 Å². The van der Waals surface area contributed by atoms with E-state index in [0.717, 1.165) is 0 Å². The number of carboxylic acid groups (broad SMARTS) is 1. The zero-order chi connectivity index (χ0) is 12.2. The SMILES string of the molecule is CCC(C)(O)CNc1cncc(C(=O)O)n1. The highest BCUT2D eigenvalue weighted by atomic mass is 16.4. The van der Waals surface area contributed by atoms with Gasteiger partial charge in [0.2, 0.25) is 0 Å². The van der Waals surface area contributed by atoms with Crippen molar-refractivity contribution in [3.05, 3.63) is 18.1 Å². The van der Waals surface area contributed by atoms with E-state index in [9.17, 15) is 9.90 Å². The van der Waals surface area contributed by atoms with Crippen LogP contribution in [0, 0.1) is 0 Å². The van der Waals surface area contributed by atoms with Gasteiger partial charge in [-0.1, -0.05) is 6.92 Å². The van der Waals surface area contributed by atoms with Gasteiger partial charge in [-0.15, -0.1) is 0 Å². The topological polar surface area (TPSA) is 95.3 Å². The fraction of sp³-hybridized carbons (Fsp3) is 0.500. The van der Waals surface area contributed by atoms with Gasteiger partial charge >= 0.3 is 5.97 Å². The van der Waals surface area contributed by atoms with Gasteiger partial charge in [-0.25, -0.2) is 9.78 Å². The third-order valence-electron chi connectivity index (χ3n) is 2.27. The smallest absolute Gasteiger partial charge is 0.356 e. The van der Waals surface area contributed by atoms with E-state index in [1.165, 1.54) is 12.4 Å². The molecule has 0 aromatic carbocycles. The molecule has 0 saturated carbocycles. The van der Waals surface area contributed by atoms with Crippen molar-refractivity contribution in [2.24, 2.45) is 0 Å². The van der Waals surface area contributed by atoms with Crippen LogP contribution in [0.5, 0.6) is 0 Å². The molecule has 6 nitrogen and oxygen atoms in total. The van der Waals surface area contributed by atoms with Gasteiger partial charge in [0, 0.05) is 6.54 Å². The van der Waals surface area contributed by atoms with Crippen molar-refractivity contribution in [1.82, 2.24) is 9.97 Å². The van der Waals surface area contributed by atoms with E-state index in [1.54, 1.807) is 6.92 Å². The molecular formula is C10H15N3O3. The average molecular weight is 225 g/mol. The Hall–Kier alpha value is -1.69. The van der Waals surface area contributed by atoms with Crippen LogP contribution >= 0.6 is 0 Å². The molecule has 0 radical (unpaired) electrons. The van der Waals surface area contributed by atoms with Crippen LogP contribution in [0.1, 0.15) is 30.8 Å². The van der Waals surface area contributed by atoms with Crippen LogP contribution in [0.4, 0.5) is 5.82 Å². The first kappa shape index (κ1) is 12.4. The molecule has 0 amide bonds.